The number of thiophene rings is 1. The molecule has 0 aliphatic heterocycles. The summed E-state index contributed by atoms with van der Waals surface area (Å²) >= 11 is 1.84. The number of benzene rings is 1. The first-order chi connectivity index (χ1) is 6.81. The van der Waals surface area contributed by atoms with Crippen LogP contribution < -0.4 is 5.32 Å². The summed E-state index contributed by atoms with van der Waals surface area (Å²) in [6, 6.07) is 6.79. The van der Waals surface area contributed by atoms with Crippen LogP contribution in [0.4, 0.5) is 0 Å². The Labute approximate surface area is 88.8 Å². The molecule has 0 radical (unpaired) electrons. The minimum atomic E-state index is 1.05. The van der Waals surface area contributed by atoms with Gasteiger partial charge in [-0.1, -0.05) is 12.1 Å². The van der Waals surface area contributed by atoms with Crippen LogP contribution in [0, 0.1) is 6.92 Å². The van der Waals surface area contributed by atoms with Gasteiger partial charge in [0.15, 0.2) is 0 Å². The summed E-state index contributed by atoms with van der Waals surface area (Å²) in [4.78, 5) is 0. The molecule has 1 N–H and O–H groups in total. The van der Waals surface area contributed by atoms with E-state index >= 15 is 0 Å². The van der Waals surface area contributed by atoms with Gasteiger partial charge in [0, 0.05) is 4.70 Å². The Morgan fingerprint density at radius 3 is 3.00 bits per heavy atom. The predicted octanol–water partition coefficient (Wildman–Crippen LogP) is 2.97. The first kappa shape index (κ1) is 9.69. The lowest BCUT2D eigenvalue weighted by Gasteiger charge is -2.00. The lowest BCUT2D eigenvalue weighted by Crippen LogP contribution is -2.09. The number of fused-ring (bicyclic) bond motifs is 1. The van der Waals surface area contributed by atoms with Crippen molar-refractivity contribution in [3.05, 3.63) is 34.7 Å². The van der Waals surface area contributed by atoms with Gasteiger partial charge in [-0.25, -0.2) is 0 Å². The molecule has 0 aliphatic rings. The summed E-state index contributed by atoms with van der Waals surface area (Å²) in [6.45, 7) is 3.22. The summed E-state index contributed by atoms with van der Waals surface area (Å²) in [7, 11) is 1.99. The smallest absolute Gasteiger partial charge is 0.0348 e. The van der Waals surface area contributed by atoms with Gasteiger partial charge in [-0.15, -0.1) is 11.3 Å². The highest BCUT2D eigenvalue weighted by molar-refractivity contribution is 7.17. The van der Waals surface area contributed by atoms with E-state index in [4.69, 9.17) is 0 Å². The summed E-state index contributed by atoms with van der Waals surface area (Å²) in [5.41, 5.74) is 2.82. The van der Waals surface area contributed by atoms with E-state index in [0.29, 0.717) is 0 Å². The molecule has 74 valence electrons. The highest BCUT2D eigenvalue weighted by atomic mass is 32.1. The maximum Gasteiger partial charge on any atom is 0.0348 e. The molecule has 2 heteroatoms. The van der Waals surface area contributed by atoms with Gasteiger partial charge in [0.1, 0.15) is 0 Å². The van der Waals surface area contributed by atoms with Crippen molar-refractivity contribution in [2.75, 3.05) is 13.6 Å². The number of aryl methyl sites for hydroxylation is 1. The molecule has 0 amide bonds. The molecule has 1 aromatic carbocycles. The number of hydrogen-bond donors (Lipinski definition) is 1. The average Bonchev–Trinajstić information content (AvgIpc) is 2.57. The fourth-order valence-corrected chi connectivity index (χ4v) is 2.64. The predicted molar refractivity (Wildman–Crippen MR) is 64.2 cm³/mol. The SMILES string of the molecule is CNCCc1ccc2c(C)csc2c1. The van der Waals surface area contributed by atoms with E-state index in [0.717, 1.165) is 13.0 Å². The summed E-state index contributed by atoms with van der Waals surface area (Å²) in [5, 5.41) is 6.81. The zero-order valence-electron chi connectivity index (χ0n) is 8.63. The molecule has 0 fully saturated rings. The van der Waals surface area contributed by atoms with Crippen LogP contribution in [0.15, 0.2) is 23.6 Å². The van der Waals surface area contributed by atoms with Crippen molar-refractivity contribution in [2.45, 2.75) is 13.3 Å². The van der Waals surface area contributed by atoms with Crippen LogP contribution in [0.5, 0.6) is 0 Å². The van der Waals surface area contributed by atoms with Gasteiger partial charge in [0.05, 0.1) is 0 Å². The van der Waals surface area contributed by atoms with Crippen LogP contribution in [0.3, 0.4) is 0 Å². The second-order valence-corrected chi connectivity index (χ2v) is 4.51. The summed E-state index contributed by atoms with van der Waals surface area (Å²) < 4.78 is 1.41. The summed E-state index contributed by atoms with van der Waals surface area (Å²) in [5.74, 6) is 0. The summed E-state index contributed by atoms with van der Waals surface area (Å²) in [6.07, 6.45) is 1.11. The molecular formula is C12H15NS. The minimum Gasteiger partial charge on any atom is -0.319 e. The quantitative estimate of drug-likeness (QED) is 0.812. The van der Waals surface area contributed by atoms with Crippen molar-refractivity contribution >= 4 is 21.4 Å². The zero-order chi connectivity index (χ0) is 9.97. The molecule has 1 heterocycles. The lowest BCUT2D eigenvalue weighted by molar-refractivity contribution is 0.792. The van der Waals surface area contributed by atoms with Crippen LogP contribution in [0.1, 0.15) is 11.1 Å². The van der Waals surface area contributed by atoms with Crippen molar-refractivity contribution in [2.24, 2.45) is 0 Å². The molecule has 14 heavy (non-hydrogen) atoms. The van der Waals surface area contributed by atoms with Crippen molar-refractivity contribution < 1.29 is 0 Å². The van der Waals surface area contributed by atoms with Crippen LogP contribution in [-0.4, -0.2) is 13.6 Å². The van der Waals surface area contributed by atoms with Gasteiger partial charge in [0.2, 0.25) is 0 Å². The van der Waals surface area contributed by atoms with Gasteiger partial charge in [-0.05, 0) is 54.9 Å². The molecule has 0 saturated heterocycles. The standard InChI is InChI=1S/C12H15NS/c1-9-8-14-12-7-10(5-6-13-2)3-4-11(9)12/h3-4,7-8,13H,5-6H2,1-2H3. The Kier molecular flexibility index (Phi) is 2.85. The van der Waals surface area contributed by atoms with Crippen LogP contribution in [0.2, 0.25) is 0 Å². The second kappa shape index (κ2) is 4.11. The second-order valence-electron chi connectivity index (χ2n) is 3.60. The van der Waals surface area contributed by atoms with Gasteiger partial charge < -0.3 is 5.32 Å². The van der Waals surface area contributed by atoms with E-state index in [2.05, 4.69) is 35.8 Å². The van der Waals surface area contributed by atoms with Gasteiger partial charge >= 0.3 is 0 Å². The highest BCUT2D eigenvalue weighted by Gasteiger charge is 2.00. The number of rotatable bonds is 3. The third-order valence-corrected chi connectivity index (χ3v) is 3.56. The number of hydrogen-bond acceptors (Lipinski definition) is 2. The Morgan fingerprint density at radius 2 is 2.21 bits per heavy atom. The van der Waals surface area contributed by atoms with Crippen molar-refractivity contribution in [1.82, 2.24) is 5.32 Å². The Hall–Kier alpha value is -0.860. The fraction of sp³-hybridized carbons (Fsp3) is 0.333. The molecule has 0 atom stereocenters. The molecule has 1 aromatic heterocycles. The van der Waals surface area contributed by atoms with E-state index in [-0.39, 0.29) is 0 Å². The Balaban J connectivity index is 2.32. The molecule has 2 rings (SSSR count). The maximum absolute atomic E-state index is 3.17. The zero-order valence-corrected chi connectivity index (χ0v) is 9.45. The maximum atomic E-state index is 3.17. The molecule has 2 aromatic rings. The van der Waals surface area contributed by atoms with Crippen molar-refractivity contribution in [3.8, 4) is 0 Å². The molecular weight excluding hydrogens is 190 g/mol. The molecule has 0 spiro atoms. The molecule has 0 bridgehead atoms. The normalized spacial score (nSPS) is 11.0. The molecule has 1 nitrogen and oxygen atoms in total. The van der Waals surface area contributed by atoms with Crippen LogP contribution in [0.25, 0.3) is 10.1 Å². The van der Waals surface area contributed by atoms with E-state index in [1.165, 1.54) is 21.2 Å². The number of nitrogens with one attached hydrogen (secondary N) is 1. The third-order valence-electron chi connectivity index (χ3n) is 2.50. The number of likely N-dealkylation sites (N-methyl/N-ethyl adjacent to an activating group) is 1. The highest BCUT2D eigenvalue weighted by Crippen LogP contribution is 2.26. The van der Waals surface area contributed by atoms with Crippen molar-refractivity contribution in [1.29, 1.82) is 0 Å². The third kappa shape index (κ3) is 1.81. The minimum absolute atomic E-state index is 1.05. The van der Waals surface area contributed by atoms with Crippen molar-refractivity contribution in [3.63, 3.8) is 0 Å². The van der Waals surface area contributed by atoms with E-state index in [1.54, 1.807) is 0 Å². The van der Waals surface area contributed by atoms with Crippen LogP contribution >= 0.6 is 11.3 Å². The average molecular weight is 205 g/mol. The van der Waals surface area contributed by atoms with E-state index in [1.807, 2.05) is 18.4 Å². The van der Waals surface area contributed by atoms with Gasteiger partial charge in [-0.3, -0.25) is 0 Å². The largest absolute Gasteiger partial charge is 0.319 e. The van der Waals surface area contributed by atoms with Gasteiger partial charge in [-0.2, -0.15) is 0 Å². The Morgan fingerprint density at radius 1 is 1.36 bits per heavy atom. The topological polar surface area (TPSA) is 12.0 Å². The fourth-order valence-electron chi connectivity index (χ4n) is 1.63. The van der Waals surface area contributed by atoms with Gasteiger partial charge in [0.25, 0.3) is 0 Å². The van der Waals surface area contributed by atoms with Crippen LogP contribution in [-0.2, 0) is 6.42 Å². The molecule has 0 unspecified atom stereocenters. The first-order valence-corrected chi connectivity index (χ1v) is 5.80. The van der Waals surface area contributed by atoms with E-state index < -0.39 is 0 Å². The molecule has 0 saturated carbocycles. The van der Waals surface area contributed by atoms with E-state index in [9.17, 15) is 0 Å². The molecule has 0 aliphatic carbocycles. The monoisotopic (exact) mass is 205 g/mol. The Bertz CT molecular complexity index is 431. The first-order valence-electron chi connectivity index (χ1n) is 4.92. The lowest BCUT2D eigenvalue weighted by atomic mass is 10.1.